The molecule has 1 fully saturated rings. The van der Waals surface area contributed by atoms with Crippen molar-refractivity contribution in [3.8, 4) is 0 Å². The third kappa shape index (κ3) is 4.80. The van der Waals surface area contributed by atoms with Gasteiger partial charge in [-0.25, -0.2) is 0 Å². The molecule has 0 radical (unpaired) electrons. The molecule has 0 unspecified atom stereocenters. The number of nitrogens with zero attached hydrogens (tertiary/aromatic N) is 4. The first-order valence-corrected chi connectivity index (χ1v) is 10.9. The summed E-state index contributed by atoms with van der Waals surface area (Å²) in [7, 11) is 1.81. The number of hydrogen-bond donors (Lipinski definition) is 0. The zero-order chi connectivity index (χ0) is 17.8. The number of carbonyl (C=O) groups excluding carboxylic acids is 2. The van der Waals surface area contributed by atoms with Gasteiger partial charge < -0.3 is 4.90 Å². The number of carbonyl (C=O) groups is 2. The number of thioether (sulfide) groups is 1. The normalized spacial score (nSPS) is 13.7. The number of thiophene rings is 1. The van der Waals surface area contributed by atoms with Gasteiger partial charge in [0.25, 0.3) is 0 Å². The topological polar surface area (TPSA) is 66.4 Å². The fraction of sp³-hybridized carbons (Fsp3) is 0.500. The van der Waals surface area contributed by atoms with Crippen molar-refractivity contribution in [1.82, 2.24) is 15.1 Å². The first kappa shape index (κ1) is 18.3. The first-order valence-electron chi connectivity index (χ1n) is 8.12. The van der Waals surface area contributed by atoms with Gasteiger partial charge >= 0.3 is 0 Å². The lowest BCUT2D eigenvalue weighted by molar-refractivity contribution is -0.127. The lowest BCUT2D eigenvalue weighted by Gasteiger charge is -2.17. The molecule has 2 aromatic rings. The molecule has 0 bridgehead atoms. The Bertz CT molecular complexity index is 728. The molecular formula is C16H20N4O2S3. The highest BCUT2D eigenvalue weighted by atomic mass is 32.2. The Labute approximate surface area is 159 Å². The summed E-state index contributed by atoms with van der Waals surface area (Å²) in [4.78, 5) is 27.9. The van der Waals surface area contributed by atoms with Crippen molar-refractivity contribution in [3.05, 3.63) is 22.4 Å². The van der Waals surface area contributed by atoms with Crippen LogP contribution in [-0.4, -0.2) is 45.8 Å². The Balaban J connectivity index is 1.54. The molecule has 0 spiro atoms. The summed E-state index contributed by atoms with van der Waals surface area (Å²) in [6, 6.07) is 2.30. The fourth-order valence-corrected chi connectivity index (χ4v) is 4.84. The Morgan fingerprint density at radius 1 is 1.32 bits per heavy atom. The van der Waals surface area contributed by atoms with E-state index >= 15 is 0 Å². The number of anilines is 1. The van der Waals surface area contributed by atoms with Gasteiger partial charge in [0, 0.05) is 26.1 Å². The molecule has 9 heteroatoms. The minimum absolute atomic E-state index is 0.0524. The van der Waals surface area contributed by atoms with Gasteiger partial charge in [-0.15, -0.1) is 10.2 Å². The average molecular weight is 397 g/mol. The molecule has 6 nitrogen and oxygen atoms in total. The van der Waals surface area contributed by atoms with E-state index in [0.29, 0.717) is 23.8 Å². The van der Waals surface area contributed by atoms with Crippen molar-refractivity contribution in [2.24, 2.45) is 0 Å². The van der Waals surface area contributed by atoms with Gasteiger partial charge in [0.05, 0.1) is 5.75 Å². The Kier molecular flexibility index (Phi) is 6.08. The van der Waals surface area contributed by atoms with E-state index in [1.807, 2.05) is 23.8 Å². The minimum Gasteiger partial charge on any atom is -0.341 e. The molecule has 0 saturated heterocycles. The zero-order valence-electron chi connectivity index (χ0n) is 14.2. The molecule has 134 valence electrons. The van der Waals surface area contributed by atoms with Crippen LogP contribution in [-0.2, 0) is 16.1 Å². The summed E-state index contributed by atoms with van der Waals surface area (Å²) in [5.74, 6) is 0.457. The van der Waals surface area contributed by atoms with E-state index in [-0.39, 0.29) is 17.9 Å². The maximum atomic E-state index is 12.3. The van der Waals surface area contributed by atoms with Crippen LogP contribution in [0.25, 0.3) is 0 Å². The second kappa shape index (κ2) is 8.29. The molecule has 0 aliphatic heterocycles. The predicted molar refractivity (Wildman–Crippen MR) is 102 cm³/mol. The smallest absolute Gasteiger partial charge is 0.233 e. The molecule has 2 aromatic heterocycles. The summed E-state index contributed by atoms with van der Waals surface area (Å²) in [5, 5.41) is 13.0. The van der Waals surface area contributed by atoms with Gasteiger partial charge in [-0.1, -0.05) is 30.0 Å². The summed E-state index contributed by atoms with van der Waals surface area (Å²) in [6.45, 7) is 2.47. The van der Waals surface area contributed by atoms with E-state index in [1.54, 1.807) is 28.2 Å². The molecule has 1 aliphatic rings. The summed E-state index contributed by atoms with van der Waals surface area (Å²) in [6.07, 6.45) is 2.52. The minimum atomic E-state index is 0.0524. The monoisotopic (exact) mass is 396 g/mol. The maximum absolute atomic E-state index is 12.3. The highest BCUT2D eigenvalue weighted by molar-refractivity contribution is 8.01. The van der Waals surface area contributed by atoms with Crippen LogP contribution >= 0.6 is 34.4 Å². The van der Waals surface area contributed by atoms with Gasteiger partial charge in [-0.2, -0.15) is 11.3 Å². The van der Waals surface area contributed by atoms with Crippen LogP contribution in [0, 0.1) is 0 Å². The number of amides is 2. The maximum Gasteiger partial charge on any atom is 0.233 e. The standard InChI is InChI=1S/C16H20N4O2S3/c1-3-13(21)20(12-4-5-12)15-17-18-16(25-15)24-10-14(22)19(2)8-11-6-7-23-9-11/h6-7,9,12H,3-5,8,10H2,1-2H3. The molecule has 1 aliphatic carbocycles. The lowest BCUT2D eigenvalue weighted by Crippen LogP contribution is -2.32. The largest absolute Gasteiger partial charge is 0.341 e. The molecule has 0 aromatic carbocycles. The molecule has 0 N–H and O–H groups in total. The Morgan fingerprint density at radius 3 is 2.76 bits per heavy atom. The number of aromatic nitrogens is 2. The van der Waals surface area contributed by atoms with E-state index in [0.717, 1.165) is 22.7 Å². The third-order valence-corrected chi connectivity index (χ3v) is 6.60. The van der Waals surface area contributed by atoms with Crippen LogP contribution < -0.4 is 4.90 Å². The summed E-state index contributed by atoms with van der Waals surface area (Å²) < 4.78 is 0.724. The van der Waals surface area contributed by atoms with E-state index in [1.165, 1.54) is 23.1 Å². The van der Waals surface area contributed by atoms with Crippen molar-refractivity contribution < 1.29 is 9.59 Å². The van der Waals surface area contributed by atoms with E-state index < -0.39 is 0 Å². The first-order chi connectivity index (χ1) is 12.1. The van der Waals surface area contributed by atoms with Crippen LogP contribution in [0.1, 0.15) is 31.7 Å². The molecule has 25 heavy (non-hydrogen) atoms. The molecule has 2 amide bonds. The van der Waals surface area contributed by atoms with E-state index in [4.69, 9.17) is 0 Å². The SMILES string of the molecule is CCC(=O)N(c1nnc(SCC(=O)N(C)Cc2ccsc2)s1)C1CC1. The quantitative estimate of drug-likeness (QED) is 0.506. The van der Waals surface area contributed by atoms with Crippen molar-refractivity contribution in [2.45, 2.75) is 43.1 Å². The highest BCUT2D eigenvalue weighted by Crippen LogP contribution is 2.36. The van der Waals surface area contributed by atoms with Gasteiger partial charge in [-0.3, -0.25) is 14.5 Å². The second-order valence-corrected chi connectivity index (χ2v) is 8.83. The van der Waals surface area contributed by atoms with Gasteiger partial charge in [0.15, 0.2) is 4.34 Å². The zero-order valence-corrected chi connectivity index (χ0v) is 16.6. The number of hydrogen-bond acceptors (Lipinski definition) is 7. The van der Waals surface area contributed by atoms with Crippen molar-refractivity contribution in [2.75, 3.05) is 17.7 Å². The number of rotatable bonds is 8. The van der Waals surface area contributed by atoms with Gasteiger partial charge in [0.2, 0.25) is 16.9 Å². The van der Waals surface area contributed by atoms with Crippen LogP contribution in [0.5, 0.6) is 0 Å². The lowest BCUT2D eigenvalue weighted by atomic mass is 10.3. The molecule has 2 heterocycles. The predicted octanol–water partition coefficient (Wildman–Crippen LogP) is 3.26. The molecule has 1 saturated carbocycles. The molecule has 0 atom stereocenters. The van der Waals surface area contributed by atoms with Crippen LogP contribution in [0.15, 0.2) is 21.2 Å². The van der Waals surface area contributed by atoms with Crippen molar-refractivity contribution in [3.63, 3.8) is 0 Å². The third-order valence-electron chi connectivity index (χ3n) is 3.83. The molecular weight excluding hydrogens is 376 g/mol. The van der Waals surface area contributed by atoms with Crippen molar-refractivity contribution >= 4 is 51.4 Å². The van der Waals surface area contributed by atoms with Crippen LogP contribution in [0.3, 0.4) is 0 Å². The van der Waals surface area contributed by atoms with Gasteiger partial charge in [-0.05, 0) is 35.2 Å². The Hall–Kier alpha value is -1.45. The Morgan fingerprint density at radius 2 is 2.12 bits per heavy atom. The average Bonchev–Trinajstić information content (AvgIpc) is 3.09. The summed E-state index contributed by atoms with van der Waals surface area (Å²) in [5.41, 5.74) is 1.14. The molecule has 3 rings (SSSR count). The van der Waals surface area contributed by atoms with Gasteiger partial charge in [0.1, 0.15) is 0 Å². The fourth-order valence-electron chi connectivity index (χ4n) is 2.31. The van der Waals surface area contributed by atoms with Crippen LogP contribution in [0.2, 0.25) is 0 Å². The van der Waals surface area contributed by atoms with Crippen molar-refractivity contribution in [1.29, 1.82) is 0 Å². The highest BCUT2D eigenvalue weighted by Gasteiger charge is 2.35. The summed E-state index contributed by atoms with van der Waals surface area (Å²) >= 11 is 4.39. The van der Waals surface area contributed by atoms with Crippen LogP contribution in [0.4, 0.5) is 5.13 Å². The van der Waals surface area contributed by atoms with E-state index in [9.17, 15) is 9.59 Å². The second-order valence-electron chi connectivity index (χ2n) is 5.87. The van der Waals surface area contributed by atoms with E-state index in [2.05, 4.69) is 10.2 Å².